The van der Waals surface area contributed by atoms with Crippen LogP contribution in [-0.4, -0.2) is 27.6 Å². The van der Waals surface area contributed by atoms with Gasteiger partial charge in [0.15, 0.2) is 4.34 Å². The number of nitrogens with zero attached hydrogens (tertiary/aromatic N) is 4. The summed E-state index contributed by atoms with van der Waals surface area (Å²) in [7, 11) is 0. The van der Waals surface area contributed by atoms with Crippen LogP contribution in [0.1, 0.15) is 31.2 Å². The summed E-state index contributed by atoms with van der Waals surface area (Å²) in [5.74, 6) is -1.40. The molecule has 1 saturated carbocycles. The number of para-hydroxylation sites is 1. The van der Waals surface area contributed by atoms with Gasteiger partial charge in [-0.05, 0) is 60.9 Å². The van der Waals surface area contributed by atoms with Crippen molar-refractivity contribution >= 4 is 74.2 Å². The van der Waals surface area contributed by atoms with Gasteiger partial charge >= 0.3 is 0 Å². The number of fused-ring (bicyclic) bond motifs is 2. The Morgan fingerprint density at radius 1 is 1.07 bits per heavy atom. The number of amides is 3. The molecule has 0 spiro atoms. The van der Waals surface area contributed by atoms with Gasteiger partial charge in [0.1, 0.15) is 11.6 Å². The predicted molar refractivity (Wildman–Crippen MR) is 163 cm³/mol. The Morgan fingerprint density at radius 3 is 2.47 bits per heavy atom. The van der Waals surface area contributed by atoms with Crippen LogP contribution < -0.4 is 10.2 Å². The summed E-state index contributed by atoms with van der Waals surface area (Å²) in [4.78, 5) is 56.4. The molecule has 214 valence electrons. The fourth-order valence-corrected chi connectivity index (χ4v) is 7.62. The molecule has 6 rings (SSSR count). The minimum Gasteiger partial charge on any atom is -0.321 e. The number of nitro groups is 1. The third-order valence-corrected chi connectivity index (χ3v) is 9.68. The quantitative estimate of drug-likeness (QED) is 0.0813. The highest BCUT2D eigenvalue weighted by Gasteiger charge is 2.48. The van der Waals surface area contributed by atoms with Gasteiger partial charge in [-0.3, -0.25) is 29.4 Å². The van der Waals surface area contributed by atoms with E-state index in [1.165, 1.54) is 28.4 Å². The van der Waals surface area contributed by atoms with E-state index >= 15 is 0 Å². The molecule has 3 aromatic carbocycles. The fourth-order valence-electron chi connectivity index (χ4n) is 5.47. The molecule has 1 N–H and O–H groups in total. The summed E-state index contributed by atoms with van der Waals surface area (Å²) in [6.45, 7) is 0. The molecule has 1 aliphatic carbocycles. The lowest BCUT2D eigenvalue weighted by Gasteiger charge is -2.19. The van der Waals surface area contributed by atoms with E-state index in [9.17, 15) is 29.8 Å². The number of nitrogens with one attached hydrogen (secondary N) is 1. The van der Waals surface area contributed by atoms with Crippen LogP contribution in [0.4, 0.5) is 17.1 Å². The highest BCUT2D eigenvalue weighted by atomic mass is 32.2. The Morgan fingerprint density at radius 2 is 1.79 bits per heavy atom. The number of benzene rings is 3. The third-order valence-electron chi connectivity index (χ3n) is 7.54. The molecule has 2 heterocycles. The number of carbonyl (C=O) groups is 3. The topological polar surface area (TPSA) is 146 Å². The van der Waals surface area contributed by atoms with Gasteiger partial charge < -0.3 is 5.32 Å². The third kappa shape index (κ3) is 5.64. The minimum absolute atomic E-state index is 0.143. The van der Waals surface area contributed by atoms with Crippen LogP contribution >= 0.6 is 23.1 Å². The van der Waals surface area contributed by atoms with Crippen LogP contribution in [0, 0.1) is 33.3 Å². The maximum Gasteiger partial charge on any atom is 0.283 e. The van der Waals surface area contributed by atoms with Crippen LogP contribution in [0.2, 0.25) is 0 Å². The first-order chi connectivity index (χ1) is 20.8. The molecule has 2 aliphatic rings. The maximum atomic E-state index is 13.0. The molecule has 43 heavy (non-hydrogen) atoms. The van der Waals surface area contributed by atoms with E-state index in [2.05, 4.69) is 10.3 Å². The zero-order chi connectivity index (χ0) is 30.1. The average molecular weight is 610 g/mol. The number of imide groups is 1. The highest BCUT2D eigenvalue weighted by molar-refractivity contribution is 8.01. The van der Waals surface area contributed by atoms with Crippen molar-refractivity contribution in [1.82, 2.24) is 4.98 Å². The van der Waals surface area contributed by atoms with Crippen molar-refractivity contribution in [2.75, 3.05) is 10.2 Å². The monoisotopic (exact) mass is 609 g/mol. The fraction of sp³-hybridized carbons (Fsp3) is 0.194. The molecule has 1 saturated heterocycles. The zero-order valence-electron chi connectivity index (χ0n) is 22.6. The van der Waals surface area contributed by atoms with E-state index in [-0.39, 0.29) is 34.9 Å². The first-order valence-corrected chi connectivity index (χ1v) is 15.2. The lowest BCUT2D eigenvalue weighted by molar-refractivity contribution is -0.387. The average Bonchev–Trinajstić information content (AvgIpc) is 3.53. The molecular formula is C31H23N5O5S2. The molecule has 3 amide bonds. The smallest absolute Gasteiger partial charge is 0.283 e. The predicted octanol–water partition coefficient (Wildman–Crippen LogP) is 6.58. The molecule has 4 aromatic rings. The second-order valence-corrected chi connectivity index (χ2v) is 12.5. The molecule has 10 nitrogen and oxygen atoms in total. The summed E-state index contributed by atoms with van der Waals surface area (Å²) in [5, 5.41) is 24.1. The highest BCUT2D eigenvalue weighted by Crippen LogP contribution is 2.43. The summed E-state index contributed by atoms with van der Waals surface area (Å²) < 4.78 is 1.30. The van der Waals surface area contributed by atoms with Crippen molar-refractivity contribution in [3.05, 3.63) is 88.0 Å². The molecule has 1 aliphatic heterocycles. The lowest BCUT2D eigenvalue weighted by atomic mass is 9.81. The van der Waals surface area contributed by atoms with Crippen molar-refractivity contribution in [1.29, 1.82) is 5.26 Å². The number of hydrogen-bond acceptors (Lipinski definition) is 9. The van der Waals surface area contributed by atoms with E-state index in [0.717, 1.165) is 42.1 Å². The molecule has 12 heteroatoms. The van der Waals surface area contributed by atoms with Gasteiger partial charge in [-0.2, -0.15) is 5.26 Å². The minimum atomic E-state index is -0.625. The summed E-state index contributed by atoms with van der Waals surface area (Å²) in [6, 6.07) is 20.2. The van der Waals surface area contributed by atoms with E-state index in [1.807, 2.05) is 6.07 Å². The molecule has 0 radical (unpaired) electrons. The second kappa shape index (κ2) is 11.8. The van der Waals surface area contributed by atoms with Gasteiger partial charge in [0, 0.05) is 11.8 Å². The number of carbonyl (C=O) groups excluding carboxylic acids is 3. The van der Waals surface area contributed by atoms with Crippen molar-refractivity contribution < 1.29 is 19.3 Å². The SMILES string of the molecule is N#C/C(=C\c1ccc(Sc2nc3ccc(N4C(=O)[C@@H]5CCCC[C@H]5C4=O)cc3s2)c([N+](=O)[O-])c1)C(=O)Nc1ccccc1. The number of aromatic nitrogens is 1. The van der Waals surface area contributed by atoms with Crippen LogP contribution in [0.25, 0.3) is 16.3 Å². The normalized spacial score (nSPS) is 18.4. The maximum absolute atomic E-state index is 13.0. The Hall–Kier alpha value is -4.86. The van der Waals surface area contributed by atoms with Crippen molar-refractivity contribution in [2.45, 2.75) is 34.9 Å². The van der Waals surface area contributed by atoms with Crippen LogP contribution in [0.3, 0.4) is 0 Å². The Labute approximate surface area is 254 Å². The molecule has 2 atom stereocenters. The van der Waals surface area contributed by atoms with Crippen molar-refractivity contribution in [3.8, 4) is 6.07 Å². The molecular weight excluding hydrogens is 587 g/mol. The first kappa shape index (κ1) is 28.3. The van der Waals surface area contributed by atoms with Gasteiger partial charge in [-0.25, -0.2) is 4.98 Å². The van der Waals surface area contributed by atoms with Gasteiger partial charge in [-0.1, -0.05) is 48.9 Å². The summed E-state index contributed by atoms with van der Waals surface area (Å²) >= 11 is 2.43. The lowest BCUT2D eigenvalue weighted by Crippen LogP contribution is -2.30. The largest absolute Gasteiger partial charge is 0.321 e. The summed E-state index contributed by atoms with van der Waals surface area (Å²) in [6.07, 6.45) is 4.68. The Bertz CT molecular complexity index is 1840. The number of anilines is 2. The van der Waals surface area contributed by atoms with Crippen LogP contribution in [0.5, 0.6) is 0 Å². The van der Waals surface area contributed by atoms with E-state index < -0.39 is 10.8 Å². The van der Waals surface area contributed by atoms with Gasteiger partial charge in [0.05, 0.1) is 37.6 Å². The molecule has 0 bridgehead atoms. The van der Waals surface area contributed by atoms with Gasteiger partial charge in [0.25, 0.3) is 11.6 Å². The van der Waals surface area contributed by atoms with Gasteiger partial charge in [0.2, 0.25) is 11.8 Å². The van der Waals surface area contributed by atoms with E-state index in [1.54, 1.807) is 60.7 Å². The Balaban J connectivity index is 1.23. The number of rotatable bonds is 7. The van der Waals surface area contributed by atoms with E-state index in [4.69, 9.17) is 0 Å². The van der Waals surface area contributed by atoms with Crippen molar-refractivity contribution in [2.24, 2.45) is 11.8 Å². The molecule has 1 aromatic heterocycles. The number of nitro benzene ring substituents is 1. The Kier molecular flexibility index (Phi) is 7.75. The first-order valence-electron chi connectivity index (χ1n) is 13.6. The van der Waals surface area contributed by atoms with Crippen molar-refractivity contribution in [3.63, 3.8) is 0 Å². The molecule has 2 fully saturated rings. The number of nitriles is 1. The van der Waals surface area contributed by atoms with Gasteiger partial charge in [-0.15, -0.1) is 11.3 Å². The summed E-state index contributed by atoms with van der Waals surface area (Å²) in [5.41, 5.74) is 1.61. The standard InChI is InChI=1S/C31H23N5O5S2/c32-17-19(28(37)33-20-6-2-1-3-7-20)14-18-10-13-26(25(15-18)36(40)41)42-31-34-24-12-11-21(16-27(24)43-31)35-29(38)22-8-4-5-9-23(22)30(35)39/h1-3,6-7,10-16,22-23H,4-5,8-9H2,(H,33,37)/b19-14+/t22-,23-/m1/s1. The van der Waals surface area contributed by atoms with Crippen LogP contribution in [0.15, 0.2) is 81.5 Å². The van der Waals surface area contributed by atoms with E-state index in [0.29, 0.717) is 31.7 Å². The second-order valence-electron chi connectivity index (χ2n) is 10.2. The van der Waals surface area contributed by atoms with Crippen LogP contribution in [-0.2, 0) is 14.4 Å². The number of thiazole rings is 1. The molecule has 0 unspecified atom stereocenters. The number of hydrogen-bond donors (Lipinski definition) is 1. The zero-order valence-corrected chi connectivity index (χ0v) is 24.2.